The van der Waals surface area contributed by atoms with Crippen molar-refractivity contribution in [3.05, 3.63) is 89.6 Å². The molecule has 0 aliphatic heterocycles. The van der Waals surface area contributed by atoms with Gasteiger partial charge in [-0.3, -0.25) is 9.59 Å². The number of benzene rings is 2. The monoisotopic (exact) mass is 346 g/mol. The van der Waals surface area contributed by atoms with Crippen molar-refractivity contribution in [1.29, 1.82) is 0 Å². The Morgan fingerprint density at radius 3 is 2.12 bits per heavy atom. The summed E-state index contributed by atoms with van der Waals surface area (Å²) in [7, 11) is 0. The Balaban J connectivity index is 1.71. The number of phenols is 1. The molecule has 0 saturated carbocycles. The summed E-state index contributed by atoms with van der Waals surface area (Å²) < 4.78 is 0. The third-order valence-corrected chi connectivity index (χ3v) is 4.11. The highest BCUT2D eigenvalue weighted by molar-refractivity contribution is 6.09. The number of carbonyl (C=O) groups is 2. The quantitative estimate of drug-likeness (QED) is 0.690. The van der Waals surface area contributed by atoms with Crippen LogP contribution in [0.4, 0.5) is 5.82 Å². The molecule has 0 fully saturated rings. The van der Waals surface area contributed by atoms with Crippen LogP contribution in [0.5, 0.6) is 5.75 Å². The predicted molar refractivity (Wildman–Crippen MR) is 99.3 cm³/mol. The number of rotatable bonds is 5. The molecule has 0 unspecified atom stereocenters. The normalized spacial score (nSPS) is 11.6. The summed E-state index contributed by atoms with van der Waals surface area (Å²) in [6, 6.07) is 18.4. The van der Waals surface area contributed by atoms with E-state index in [1.807, 2.05) is 0 Å². The van der Waals surface area contributed by atoms with Crippen molar-refractivity contribution in [2.24, 2.45) is 0 Å². The molecule has 5 nitrogen and oxygen atoms in total. The molecule has 2 aromatic carbocycles. The van der Waals surface area contributed by atoms with Gasteiger partial charge in [0.05, 0.1) is 5.92 Å². The fraction of sp³-hybridized carbons (Fsp3) is 0.0952. The van der Waals surface area contributed by atoms with Crippen molar-refractivity contribution in [2.75, 3.05) is 5.32 Å². The number of aromatic nitrogens is 1. The minimum atomic E-state index is -0.380. The van der Waals surface area contributed by atoms with Crippen molar-refractivity contribution in [3.8, 4) is 5.75 Å². The molecule has 3 aromatic rings. The van der Waals surface area contributed by atoms with Crippen LogP contribution in [0.1, 0.15) is 34.3 Å². The van der Waals surface area contributed by atoms with E-state index in [0.29, 0.717) is 16.9 Å². The van der Waals surface area contributed by atoms with Crippen LogP contribution < -0.4 is 5.32 Å². The summed E-state index contributed by atoms with van der Waals surface area (Å²) in [5.74, 6) is -0.0635. The predicted octanol–water partition coefficient (Wildman–Crippen LogP) is 3.76. The molecule has 26 heavy (non-hydrogen) atoms. The maximum absolute atomic E-state index is 12.4. The second-order valence-corrected chi connectivity index (χ2v) is 5.92. The number of anilines is 1. The van der Waals surface area contributed by atoms with E-state index in [1.54, 1.807) is 67.7 Å². The minimum absolute atomic E-state index is 0.115. The molecule has 1 amide bonds. The number of ketones is 1. The number of hydrogen-bond donors (Lipinski definition) is 2. The molecular formula is C21H18N2O3. The average molecular weight is 346 g/mol. The fourth-order valence-electron chi connectivity index (χ4n) is 2.53. The maximum atomic E-state index is 12.4. The minimum Gasteiger partial charge on any atom is -0.508 e. The van der Waals surface area contributed by atoms with E-state index in [4.69, 9.17) is 0 Å². The van der Waals surface area contributed by atoms with Crippen molar-refractivity contribution < 1.29 is 14.7 Å². The van der Waals surface area contributed by atoms with Gasteiger partial charge < -0.3 is 10.4 Å². The van der Waals surface area contributed by atoms with Crippen LogP contribution in [0.2, 0.25) is 0 Å². The smallest absolute Gasteiger partial charge is 0.232 e. The standard InChI is InChI=1S/C21H18N2O3/c1-14(21(26)23-19-4-2-3-13-22-19)15-5-7-16(8-6-15)20(25)17-9-11-18(24)12-10-17/h2-14,24H,1H3,(H,22,23,26)/t14-/m1/s1. The first-order valence-corrected chi connectivity index (χ1v) is 8.20. The van der Waals surface area contributed by atoms with Crippen molar-refractivity contribution in [1.82, 2.24) is 4.98 Å². The second kappa shape index (κ2) is 7.61. The van der Waals surface area contributed by atoms with Crippen molar-refractivity contribution in [3.63, 3.8) is 0 Å². The van der Waals surface area contributed by atoms with Gasteiger partial charge in [0.15, 0.2) is 5.78 Å². The van der Waals surface area contributed by atoms with Gasteiger partial charge in [-0.15, -0.1) is 0 Å². The van der Waals surface area contributed by atoms with Crippen LogP contribution in [-0.4, -0.2) is 21.8 Å². The molecule has 0 saturated heterocycles. The Morgan fingerprint density at radius 2 is 1.54 bits per heavy atom. The number of amides is 1. The number of hydrogen-bond acceptors (Lipinski definition) is 4. The number of aromatic hydroxyl groups is 1. The second-order valence-electron chi connectivity index (χ2n) is 5.92. The number of pyridine rings is 1. The lowest BCUT2D eigenvalue weighted by Gasteiger charge is -2.12. The van der Waals surface area contributed by atoms with Gasteiger partial charge in [0, 0.05) is 17.3 Å². The molecule has 1 aromatic heterocycles. The molecule has 0 bridgehead atoms. The lowest BCUT2D eigenvalue weighted by Crippen LogP contribution is -2.19. The van der Waals surface area contributed by atoms with Crippen LogP contribution >= 0.6 is 0 Å². The van der Waals surface area contributed by atoms with E-state index in [0.717, 1.165) is 5.56 Å². The van der Waals surface area contributed by atoms with E-state index in [1.165, 1.54) is 12.1 Å². The van der Waals surface area contributed by atoms with Crippen LogP contribution in [0.15, 0.2) is 72.9 Å². The number of carbonyl (C=O) groups excluding carboxylic acids is 2. The number of nitrogens with zero attached hydrogens (tertiary/aromatic N) is 1. The summed E-state index contributed by atoms with van der Waals surface area (Å²) in [4.78, 5) is 28.9. The molecule has 0 aliphatic rings. The van der Waals surface area contributed by atoms with Gasteiger partial charge in [-0.25, -0.2) is 4.98 Å². The van der Waals surface area contributed by atoms with E-state index in [9.17, 15) is 14.7 Å². The van der Waals surface area contributed by atoms with Crippen molar-refractivity contribution >= 4 is 17.5 Å². The SMILES string of the molecule is C[C@@H](C(=O)Nc1ccccn1)c1ccc(C(=O)c2ccc(O)cc2)cc1. The Hall–Kier alpha value is -3.47. The molecular weight excluding hydrogens is 328 g/mol. The zero-order valence-corrected chi connectivity index (χ0v) is 14.2. The molecule has 130 valence electrons. The molecule has 1 heterocycles. The molecule has 5 heteroatoms. The molecule has 0 aliphatic carbocycles. The topological polar surface area (TPSA) is 79.3 Å². The molecule has 0 spiro atoms. The summed E-state index contributed by atoms with van der Waals surface area (Å²) in [6.45, 7) is 1.80. The van der Waals surface area contributed by atoms with E-state index < -0.39 is 0 Å². The zero-order chi connectivity index (χ0) is 18.5. The summed E-state index contributed by atoms with van der Waals surface area (Å²) in [5.41, 5.74) is 1.83. The third-order valence-electron chi connectivity index (χ3n) is 4.11. The summed E-state index contributed by atoms with van der Waals surface area (Å²) >= 11 is 0. The maximum Gasteiger partial charge on any atom is 0.232 e. The Bertz CT molecular complexity index is 904. The first kappa shape index (κ1) is 17.4. The molecule has 1 atom stereocenters. The van der Waals surface area contributed by atoms with Crippen LogP contribution in [0.3, 0.4) is 0 Å². The van der Waals surface area contributed by atoms with Gasteiger partial charge in [0.1, 0.15) is 11.6 Å². The zero-order valence-electron chi connectivity index (χ0n) is 14.2. The first-order chi connectivity index (χ1) is 12.5. The highest BCUT2D eigenvalue weighted by atomic mass is 16.3. The number of phenolic OH excluding ortho intramolecular Hbond substituents is 1. The largest absolute Gasteiger partial charge is 0.508 e. The fourth-order valence-corrected chi connectivity index (χ4v) is 2.53. The Kier molecular flexibility index (Phi) is 5.08. The van der Waals surface area contributed by atoms with Crippen LogP contribution in [0.25, 0.3) is 0 Å². The van der Waals surface area contributed by atoms with Crippen LogP contribution in [0, 0.1) is 0 Å². The Morgan fingerprint density at radius 1 is 0.923 bits per heavy atom. The number of nitrogens with one attached hydrogen (secondary N) is 1. The lowest BCUT2D eigenvalue weighted by molar-refractivity contribution is -0.117. The van der Waals surface area contributed by atoms with Gasteiger partial charge in [-0.2, -0.15) is 0 Å². The van der Waals surface area contributed by atoms with E-state index in [-0.39, 0.29) is 23.4 Å². The third kappa shape index (κ3) is 3.95. The molecule has 3 rings (SSSR count). The van der Waals surface area contributed by atoms with Gasteiger partial charge in [-0.05, 0) is 48.9 Å². The van der Waals surface area contributed by atoms with E-state index >= 15 is 0 Å². The highest BCUT2D eigenvalue weighted by Crippen LogP contribution is 2.20. The van der Waals surface area contributed by atoms with Gasteiger partial charge >= 0.3 is 0 Å². The average Bonchev–Trinajstić information content (AvgIpc) is 2.68. The van der Waals surface area contributed by atoms with E-state index in [2.05, 4.69) is 10.3 Å². The Labute approximate surface area is 151 Å². The first-order valence-electron chi connectivity index (χ1n) is 8.20. The molecule has 2 N–H and O–H groups in total. The highest BCUT2D eigenvalue weighted by Gasteiger charge is 2.17. The van der Waals surface area contributed by atoms with Crippen LogP contribution in [-0.2, 0) is 4.79 Å². The van der Waals surface area contributed by atoms with Crippen molar-refractivity contribution in [2.45, 2.75) is 12.8 Å². The lowest BCUT2D eigenvalue weighted by atomic mass is 9.96. The molecule has 0 radical (unpaired) electrons. The van der Waals surface area contributed by atoms with Gasteiger partial charge in [-0.1, -0.05) is 30.3 Å². The summed E-state index contributed by atoms with van der Waals surface area (Å²) in [6.07, 6.45) is 1.62. The summed E-state index contributed by atoms with van der Waals surface area (Å²) in [5, 5.41) is 12.1. The van der Waals surface area contributed by atoms with Gasteiger partial charge in [0.25, 0.3) is 0 Å². The van der Waals surface area contributed by atoms with Gasteiger partial charge in [0.2, 0.25) is 5.91 Å².